The van der Waals surface area contributed by atoms with Crippen LogP contribution in [0.5, 0.6) is 0 Å². The van der Waals surface area contributed by atoms with Gasteiger partial charge >= 0.3 is 0 Å². The van der Waals surface area contributed by atoms with Gasteiger partial charge in [-0.3, -0.25) is 9.80 Å². The molecule has 8 heavy (non-hydrogen) atoms. The highest BCUT2D eigenvalue weighted by atomic mass is 16.2. The lowest BCUT2D eigenvalue weighted by molar-refractivity contribution is -0.127. The molecule has 0 aliphatic heterocycles. The van der Waals surface area contributed by atoms with Crippen LogP contribution in [0.2, 0.25) is 0 Å². The van der Waals surface area contributed by atoms with Crippen LogP contribution in [-0.4, -0.2) is 10.9 Å². The summed E-state index contributed by atoms with van der Waals surface area (Å²) in [5.74, 6) is 4.95. The van der Waals surface area contributed by atoms with Gasteiger partial charge in [0, 0.05) is 12.6 Å². The molecular weight excluding hydrogens is 104 g/mol. The van der Waals surface area contributed by atoms with Gasteiger partial charge in [-0.2, -0.15) is 0 Å². The average molecular weight is 114 g/mol. The first-order chi connectivity index (χ1) is 3.55. The molecule has 0 aliphatic rings. The topological polar surface area (TPSA) is 46.3 Å². The molecule has 0 unspecified atom stereocenters. The van der Waals surface area contributed by atoms with Crippen LogP contribution in [0.15, 0.2) is 12.3 Å². The third-order valence-electron chi connectivity index (χ3n) is 0.750. The monoisotopic (exact) mass is 114 g/mol. The zero-order valence-corrected chi connectivity index (χ0v) is 5.14. The summed E-state index contributed by atoms with van der Waals surface area (Å²) in [4.78, 5) is 10.3. The third kappa shape index (κ3) is 1.75. The molecule has 0 fully saturated rings. The van der Waals surface area contributed by atoms with Gasteiger partial charge in [0.2, 0.25) is 5.91 Å². The molecule has 0 saturated heterocycles. The van der Waals surface area contributed by atoms with Crippen LogP contribution >= 0.6 is 0 Å². The normalized spacial score (nSPS) is 8.38. The zero-order chi connectivity index (χ0) is 6.73. The minimum Gasteiger partial charge on any atom is -0.273 e. The Kier molecular flexibility index (Phi) is 2.21. The number of amides is 1. The van der Waals surface area contributed by atoms with Crippen molar-refractivity contribution in [3.05, 3.63) is 12.3 Å². The maximum absolute atomic E-state index is 10.3. The van der Waals surface area contributed by atoms with Crippen LogP contribution < -0.4 is 5.84 Å². The van der Waals surface area contributed by atoms with E-state index in [-0.39, 0.29) is 5.91 Å². The highest BCUT2D eigenvalue weighted by molar-refractivity contribution is 5.74. The quantitative estimate of drug-likeness (QED) is 0.301. The van der Waals surface area contributed by atoms with Crippen LogP contribution in [0.4, 0.5) is 0 Å². The van der Waals surface area contributed by atoms with Crippen molar-refractivity contribution in [3.8, 4) is 0 Å². The number of nitrogens with two attached hydrogens (primary N) is 1. The van der Waals surface area contributed by atoms with E-state index < -0.39 is 0 Å². The van der Waals surface area contributed by atoms with E-state index in [2.05, 4.69) is 6.58 Å². The summed E-state index contributed by atoms with van der Waals surface area (Å²) < 4.78 is 0. The molecule has 0 bridgehead atoms. The van der Waals surface area contributed by atoms with E-state index in [1.807, 2.05) is 0 Å². The van der Waals surface area contributed by atoms with Gasteiger partial charge in [-0.05, 0) is 6.92 Å². The van der Waals surface area contributed by atoms with Crippen LogP contribution in [0.3, 0.4) is 0 Å². The maximum Gasteiger partial charge on any atom is 0.237 e. The van der Waals surface area contributed by atoms with Crippen molar-refractivity contribution < 1.29 is 4.79 Å². The van der Waals surface area contributed by atoms with Crippen molar-refractivity contribution >= 4 is 5.91 Å². The summed E-state index contributed by atoms with van der Waals surface area (Å²) in [6.45, 7) is 6.51. The van der Waals surface area contributed by atoms with Gasteiger partial charge in [0.25, 0.3) is 0 Å². The zero-order valence-electron chi connectivity index (χ0n) is 5.14. The summed E-state index contributed by atoms with van der Waals surface area (Å²) in [6, 6.07) is 0. The molecule has 0 aromatic carbocycles. The fraction of sp³-hybridized carbons (Fsp3) is 0.400. The van der Waals surface area contributed by atoms with Gasteiger partial charge in [-0.15, -0.1) is 0 Å². The van der Waals surface area contributed by atoms with Crippen LogP contribution in [0, 0.1) is 0 Å². The molecule has 2 N–H and O–H groups in total. The maximum atomic E-state index is 10.3. The van der Waals surface area contributed by atoms with Gasteiger partial charge in [-0.1, -0.05) is 6.58 Å². The van der Waals surface area contributed by atoms with E-state index in [9.17, 15) is 4.79 Å². The summed E-state index contributed by atoms with van der Waals surface area (Å²) in [5, 5.41) is 1.00. The molecule has 1 amide bonds. The Bertz CT molecular complexity index is 106. The van der Waals surface area contributed by atoms with Crippen molar-refractivity contribution in [2.75, 3.05) is 0 Å². The molecule has 0 aromatic rings. The molecule has 0 aliphatic carbocycles. The minimum atomic E-state index is -0.197. The lowest BCUT2D eigenvalue weighted by Crippen LogP contribution is -2.32. The molecule has 0 rings (SSSR count). The third-order valence-corrected chi connectivity index (χ3v) is 0.750. The van der Waals surface area contributed by atoms with Gasteiger partial charge in [0.1, 0.15) is 0 Å². The summed E-state index contributed by atoms with van der Waals surface area (Å²) in [5.41, 5.74) is 0.553. The molecular formula is C5H10N2O. The predicted octanol–water partition coefficient (Wildman–Crippen LogP) is 0.242. The Morgan fingerprint density at radius 3 is 2.00 bits per heavy atom. The van der Waals surface area contributed by atoms with Crippen molar-refractivity contribution in [1.29, 1.82) is 0 Å². The fourth-order valence-corrected chi connectivity index (χ4v) is 0.269. The van der Waals surface area contributed by atoms with Crippen molar-refractivity contribution in [2.45, 2.75) is 13.8 Å². The summed E-state index contributed by atoms with van der Waals surface area (Å²) in [7, 11) is 0. The number of hydrazine groups is 1. The summed E-state index contributed by atoms with van der Waals surface area (Å²) >= 11 is 0. The van der Waals surface area contributed by atoms with Crippen molar-refractivity contribution in [1.82, 2.24) is 5.01 Å². The Labute approximate surface area is 48.7 Å². The molecule has 0 spiro atoms. The smallest absolute Gasteiger partial charge is 0.237 e. The Hall–Kier alpha value is -0.830. The lowest BCUT2D eigenvalue weighted by Gasteiger charge is -2.11. The number of hydrogen-bond acceptors (Lipinski definition) is 2. The number of hydrogen-bond donors (Lipinski definition) is 1. The van der Waals surface area contributed by atoms with Gasteiger partial charge < -0.3 is 0 Å². The SMILES string of the molecule is C=C(C)N(N)C(C)=O. The highest BCUT2D eigenvalue weighted by Gasteiger charge is 1.99. The molecule has 46 valence electrons. The van der Waals surface area contributed by atoms with Crippen LogP contribution in [0.25, 0.3) is 0 Å². The van der Waals surface area contributed by atoms with E-state index in [0.717, 1.165) is 5.01 Å². The Balaban J connectivity index is 3.83. The van der Waals surface area contributed by atoms with E-state index >= 15 is 0 Å². The van der Waals surface area contributed by atoms with Gasteiger partial charge in [0.15, 0.2) is 0 Å². The Morgan fingerprint density at radius 1 is 1.62 bits per heavy atom. The molecule has 0 saturated carbocycles. The largest absolute Gasteiger partial charge is 0.273 e. The molecule has 3 heteroatoms. The number of rotatable bonds is 1. The summed E-state index contributed by atoms with van der Waals surface area (Å²) in [6.07, 6.45) is 0. The van der Waals surface area contributed by atoms with Crippen LogP contribution in [0.1, 0.15) is 13.8 Å². The van der Waals surface area contributed by atoms with Crippen molar-refractivity contribution in [3.63, 3.8) is 0 Å². The lowest BCUT2D eigenvalue weighted by atomic mass is 10.5. The second-order valence-corrected chi connectivity index (χ2v) is 1.62. The number of carbonyl (C=O) groups is 1. The molecule has 0 radical (unpaired) electrons. The standard InChI is InChI=1S/C5H10N2O/c1-4(2)7(6)5(3)8/h1,6H2,2-3H3. The Morgan fingerprint density at radius 2 is 2.00 bits per heavy atom. The van der Waals surface area contributed by atoms with E-state index in [1.165, 1.54) is 6.92 Å². The number of carbonyl (C=O) groups excluding carboxylic acids is 1. The molecule has 0 atom stereocenters. The van der Waals surface area contributed by atoms with E-state index in [4.69, 9.17) is 5.84 Å². The minimum absolute atomic E-state index is 0.197. The van der Waals surface area contributed by atoms with E-state index in [0.29, 0.717) is 5.70 Å². The molecule has 0 heterocycles. The number of nitrogens with zero attached hydrogens (tertiary/aromatic N) is 1. The van der Waals surface area contributed by atoms with Crippen molar-refractivity contribution in [2.24, 2.45) is 5.84 Å². The predicted molar refractivity (Wildman–Crippen MR) is 31.5 cm³/mol. The second-order valence-electron chi connectivity index (χ2n) is 1.62. The molecule has 0 aromatic heterocycles. The van der Waals surface area contributed by atoms with Gasteiger partial charge in [-0.25, -0.2) is 5.84 Å². The average Bonchev–Trinajstić information content (AvgIpc) is 1.64. The van der Waals surface area contributed by atoms with Gasteiger partial charge in [0.05, 0.1) is 0 Å². The highest BCUT2D eigenvalue weighted by Crippen LogP contribution is 1.90. The first-order valence-corrected chi connectivity index (χ1v) is 2.26. The first-order valence-electron chi connectivity index (χ1n) is 2.26. The first kappa shape index (κ1) is 7.17. The van der Waals surface area contributed by atoms with Crippen LogP contribution in [-0.2, 0) is 4.79 Å². The fourth-order valence-electron chi connectivity index (χ4n) is 0.269. The second kappa shape index (κ2) is 2.47. The van der Waals surface area contributed by atoms with E-state index in [1.54, 1.807) is 6.92 Å². The number of allylic oxidation sites excluding steroid dienone is 1. The molecule has 3 nitrogen and oxygen atoms in total.